The van der Waals surface area contributed by atoms with Gasteiger partial charge >= 0.3 is 5.63 Å². The number of aryl methyl sites for hydroxylation is 2. The van der Waals surface area contributed by atoms with Gasteiger partial charge in [-0.15, -0.1) is 0 Å². The highest BCUT2D eigenvalue weighted by molar-refractivity contribution is 5.81. The summed E-state index contributed by atoms with van der Waals surface area (Å²) in [6, 6.07) is 15.8. The second kappa shape index (κ2) is 5.41. The first kappa shape index (κ1) is 13.4. The lowest BCUT2D eigenvalue weighted by Gasteiger charge is -2.00. The van der Waals surface area contributed by atoms with Crippen LogP contribution in [0.1, 0.15) is 22.3 Å². The average Bonchev–Trinajstić information content (AvgIpc) is 2.47. The minimum Gasteiger partial charge on any atom is -0.422 e. The van der Waals surface area contributed by atoms with Crippen LogP contribution in [0.2, 0.25) is 0 Å². The molecule has 2 aromatic carbocycles. The zero-order valence-electron chi connectivity index (χ0n) is 12.1. The lowest BCUT2D eigenvalue weighted by atomic mass is 10.1. The highest BCUT2D eigenvalue weighted by Crippen LogP contribution is 2.16. The lowest BCUT2D eigenvalue weighted by molar-refractivity contribution is 0.559. The van der Waals surface area contributed by atoms with Crippen LogP contribution in [0.25, 0.3) is 23.1 Å². The van der Waals surface area contributed by atoms with Gasteiger partial charge in [0.05, 0.1) is 5.56 Å². The van der Waals surface area contributed by atoms with Crippen molar-refractivity contribution in [2.45, 2.75) is 13.8 Å². The Bertz CT molecular complexity index is 868. The fourth-order valence-corrected chi connectivity index (χ4v) is 2.24. The van der Waals surface area contributed by atoms with E-state index in [4.69, 9.17) is 4.42 Å². The molecule has 0 atom stereocenters. The summed E-state index contributed by atoms with van der Waals surface area (Å²) < 4.78 is 5.35. The predicted octanol–water partition coefficient (Wildman–Crippen LogP) is 4.58. The van der Waals surface area contributed by atoms with Gasteiger partial charge in [-0.25, -0.2) is 4.79 Å². The molecule has 0 unspecified atom stereocenters. The largest absolute Gasteiger partial charge is 0.422 e. The fourth-order valence-electron chi connectivity index (χ4n) is 2.24. The molecule has 3 rings (SSSR count). The van der Waals surface area contributed by atoms with Gasteiger partial charge in [-0.05, 0) is 43.7 Å². The van der Waals surface area contributed by atoms with E-state index in [1.54, 1.807) is 6.08 Å². The highest BCUT2D eigenvalue weighted by atomic mass is 16.4. The maximum Gasteiger partial charge on any atom is 0.343 e. The van der Waals surface area contributed by atoms with Crippen molar-refractivity contribution in [1.29, 1.82) is 0 Å². The molecule has 1 heterocycles. The third-order valence-corrected chi connectivity index (χ3v) is 3.45. The molecule has 2 heteroatoms. The molecule has 0 fully saturated rings. The van der Waals surface area contributed by atoms with E-state index < -0.39 is 0 Å². The van der Waals surface area contributed by atoms with Crippen LogP contribution < -0.4 is 5.63 Å². The summed E-state index contributed by atoms with van der Waals surface area (Å²) in [5, 5.41) is 0.943. The minimum absolute atomic E-state index is 0.310. The summed E-state index contributed by atoms with van der Waals surface area (Å²) in [6.45, 7) is 4.07. The molecular weight excluding hydrogens is 260 g/mol. The molecule has 0 aliphatic rings. The molecule has 0 spiro atoms. The van der Waals surface area contributed by atoms with Gasteiger partial charge in [0.15, 0.2) is 0 Å². The van der Waals surface area contributed by atoms with Crippen LogP contribution in [-0.2, 0) is 0 Å². The Morgan fingerprint density at radius 2 is 1.57 bits per heavy atom. The molecule has 104 valence electrons. The highest BCUT2D eigenvalue weighted by Gasteiger charge is 2.02. The van der Waals surface area contributed by atoms with E-state index in [0.29, 0.717) is 11.1 Å². The third-order valence-electron chi connectivity index (χ3n) is 3.45. The Morgan fingerprint density at radius 3 is 2.33 bits per heavy atom. The van der Waals surface area contributed by atoms with E-state index in [1.807, 2.05) is 68.5 Å². The van der Waals surface area contributed by atoms with Crippen molar-refractivity contribution in [2.24, 2.45) is 0 Å². The van der Waals surface area contributed by atoms with Crippen LogP contribution in [-0.4, -0.2) is 0 Å². The van der Waals surface area contributed by atoms with Crippen LogP contribution in [0.15, 0.2) is 57.7 Å². The Balaban J connectivity index is 2.01. The average molecular weight is 276 g/mol. The van der Waals surface area contributed by atoms with E-state index in [2.05, 4.69) is 0 Å². The number of hydrogen-bond donors (Lipinski definition) is 0. The van der Waals surface area contributed by atoms with Crippen molar-refractivity contribution in [3.05, 3.63) is 81.2 Å². The van der Waals surface area contributed by atoms with Gasteiger partial charge in [0.2, 0.25) is 0 Å². The van der Waals surface area contributed by atoms with Gasteiger partial charge in [-0.1, -0.05) is 47.5 Å². The quantitative estimate of drug-likeness (QED) is 0.641. The molecule has 0 aliphatic carbocycles. The smallest absolute Gasteiger partial charge is 0.343 e. The van der Waals surface area contributed by atoms with Gasteiger partial charge in [-0.2, -0.15) is 0 Å². The van der Waals surface area contributed by atoms with Crippen LogP contribution in [0, 0.1) is 13.8 Å². The second-order valence-electron chi connectivity index (χ2n) is 5.27. The summed E-state index contributed by atoms with van der Waals surface area (Å²) >= 11 is 0. The lowest BCUT2D eigenvalue weighted by Crippen LogP contribution is -2.02. The zero-order chi connectivity index (χ0) is 14.8. The minimum atomic E-state index is -0.310. The molecule has 0 bridgehead atoms. The first-order chi connectivity index (χ1) is 10.1. The van der Waals surface area contributed by atoms with E-state index in [-0.39, 0.29) is 5.63 Å². The van der Waals surface area contributed by atoms with Crippen LogP contribution >= 0.6 is 0 Å². The van der Waals surface area contributed by atoms with E-state index in [1.165, 1.54) is 5.56 Å². The molecule has 0 radical (unpaired) electrons. The monoisotopic (exact) mass is 276 g/mol. The van der Waals surface area contributed by atoms with E-state index in [0.717, 1.165) is 16.5 Å². The molecule has 0 saturated carbocycles. The molecule has 2 nitrogen and oxygen atoms in total. The Morgan fingerprint density at radius 1 is 0.857 bits per heavy atom. The zero-order valence-corrected chi connectivity index (χ0v) is 12.1. The second-order valence-corrected chi connectivity index (χ2v) is 5.27. The molecule has 0 amide bonds. The maximum absolute atomic E-state index is 12.0. The summed E-state index contributed by atoms with van der Waals surface area (Å²) in [5.74, 6) is 0. The Kier molecular flexibility index (Phi) is 3.44. The van der Waals surface area contributed by atoms with Crippen LogP contribution in [0.3, 0.4) is 0 Å². The van der Waals surface area contributed by atoms with Crippen molar-refractivity contribution in [3.63, 3.8) is 0 Å². The number of benzene rings is 2. The maximum atomic E-state index is 12.0. The normalized spacial score (nSPS) is 11.3. The molecule has 0 aliphatic heterocycles. The van der Waals surface area contributed by atoms with Crippen molar-refractivity contribution in [1.82, 2.24) is 0 Å². The standard InChI is InChI=1S/C19H16O2/c1-13-3-6-15(7-4-13)8-9-16-12-17-11-14(2)5-10-18(17)21-19(16)20/h3-12H,1-2H3/b9-8+. The molecule has 21 heavy (non-hydrogen) atoms. The molecule has 0 saturated heterocycles. The number of rotatable bonds is 2. The SMILES string of the molecule is Cc1ccc(/C=C/c2cc3cc(C)ccc3oc2=O)cc1. The Labute approximate surface area is 123 Å². The van der Waals surface area contributed by atoms with Crippen molar-refractivity contribution < 1.29 is 4.42 Å². The molecule has 0 N–H and O–H groups in total. The van der Waals surface area contributed by atoms with Crippen molar-refractivity contribution in [2.75, 3.05) is 0 Å². The van der Waals surface area contributed by atoms with Gasteiger partial charge in [0, 0.05) is 5.39 Å². The van der Waals surface area contributed by atoms with Crippen molar-refractivity contribution in [3.8, 4) is 0 Å². The van der Waals surface area contributed by atoms with Crippen LogP contribution in [0.5, 0.6) is 0 Å². The van der Waals surface area contributed by atoms with Gasteiger partial charge in [0.1, 0.15) is 5.58 Å². The first-order valence-corrected chi connectivity index (χ1v) is 6.91. The first-order valence-electron chi connectivity index (χ1n) is 6.91. The predicted molar refractivity (Wildman–Crippen MR) is 87.3 cm³/mol. The molecule has 1 aromatic heterocycles. The number of hydrogen-bond acceptors (Lipinski definition) is 2. The summed E-state index contributed by atoms with van der Waals surface area (Å²) in [6.07, 6.45) is 3.73. The van der Waals surface area contributed by atoms with E-state index >= 15 is 0 Å². The van der Waals surface area contributed by atoms with Gasteiger partial charge < -0.3 is 4.42 Å². The van der Waals surface area contributed by atoms with E-state index in [9.17, 15) is 4.79 Å². The number of fused-ring (bicyclic) bond motifs is 1. The van der Waals surface area contributed by atoms with Gasteiger partial charge in [-0.3, -0.25) is 0 Å². The summed E-state index contributed by atoms with van der Waals surface area (Å²) in [4.78, 5) is 12.0. The molecular formula is C19H16O2. The van der Waals surface area contributed by atoms with Crippen LogP contribution in [0.4, 0.5) is 0 Å². The molecule has 3 aromatic rings. The third kappa shape index (κ3) is 2.95. The fraction of sp³-hybridized carbons (Fsp3) is 0.105. The topological polar surface area (TPSA) is 30.2 Å². The van der Waals surface area contributed by atoms with Gasteiger partial charge in [0.25, 0.3) is 0 Å². The Hall–Kier alpha value is -2.61. The summed E-state index contributed by atoms with van der Waals surface area (Å²) in [5.41, 5.74) is 4.29. The summed E-state index contributed by atoms with van der Waals surface area (Å²) in [7, 11) is 0. The van der Waals surface area contributed by atoms with Crippen molar-refractivity contribution >= 4 is 23.1 Å².